The Hall–Kier alpha value is -2.40. The quantitative estimate of drug-likeness (QED) is 0.934. The SMILES string of the molecule is CN1C[C@@H]2CNC(=O)c3cc(OCc4ccccc4F)ccc3[C@H]2C1. The first-order valence-corrected chi connectivity index (χ1v) is 8.58. The second-order valence-corrected chi connectivity index (χ2v) is 6.93. The molecule has 1 N–H and O–H groups in total. The fraction of sp³-hybridized carbons (Fsp3) is 0.350. The number of carbonyl (C=O) groups is 1. The number of likely N-dealkylation sites (tertiary alicyclic amines) is 1. The molecule has 2 aromatic carbocycles. The van der Waals surface area contributed by atoms with Crippen molar-refractivity contribution < 1.29 is 13.9 Å². The van der Waals surface area contributed by atoms with Crippen molar-refractivity contribution in [3.8, 4) is 5.75 Å². The van der Waals surface area contributed by atoms with E-state index in [2.05, 4.69) is 17.3 Å². The summed E-state index contributed by atoms with van der Waals surface area (Å²) < 4.78 is 19.4. The van der Waals surface area contributed by atoms with E-state index in [9.17, 15) is 9.18 Å². The van der Waals surface area contributed by atoms with E-state index in [1.807, 2.05) is 12.1 Å². The van der Waals surface area contributed by atoms with E-state index in [0.717, 1.165) is 18.7 Å². The molecule has 1 amide bonds. The average molecular weight is 340 g/mol. The second-order valence-electron chi connectivity index (χ2n) is 6.93. The first-order chi connectivity index (χ1) is 12.1. The molecule has 130 valence electrons. The highest BCUT2D eigenvalue weighted by atomic mass is 19.1. The molecule has 1 fully saturated rings. The maximum absolute atomic E-state index is 13.7. The van der Waals surface area contributed by atoms with Gasteiger partial charge in [0.1, 0.15) is 18.2 Å². The van der Waals surface area contributed by atoms with E-state index >= 15 is 0 Å². The lowest BCUT2D eigenvalue weighted by molar-refractivity contribution is 0.0951. The average Bonchev–Trinajstić information content (AvgIpc) is 2.94. The molecule has 2 heterocycles. The number of halogens is 1. The van der Waals surface area contributed by atoms with Crippen LogP contribution in [0.25, 0.3) is 0 Å². The van der Waals surface area contributed by atoms with E-state index in [1.54, 1.807) is 24.3 Å². The van der Waals surface area contributed by atoms with E-state index < -0.39 is 0 Å². The summed E-state index contributed by atoms with van der Waals surface area (Å²) in [7, 11) is 2.11. The standard InChI is InChI=1S/C20H21FN2O2/c1-23-10-14-9-22-20(24)17-8-15(6-7-16(17)18(14)11-23)25-12-13-4-2-3-5-19(13)21/h2-8,14,18H,9-12H2,1H3,(H,22,24)/t14-,18-/m0/s1. The smallest absolute Gasteiger partial charge is 0.251 e. The number of hydrogen-bond donors (Lipinski definition) is 1. The molecule has 4 rings (SSSR count). The third-order valence-corrected chi connectivity index (χ3v) is 5.17. The molecule has 4 nitrogen and oxygen atoms in total. The predicted octanol–water partition coefficient (Wildman–Crippen LogP) is 2.79. The Balaban J connectivity index is 1.58. The fourth-order valence-electron chi connectivity index (χ4n) is 3.89. The van der Waals surface area contributed by atoms with Crippen LogP contribution in [0.5, 0.6) is 5.75 Å². The zero-order valence-corrected chi connectivity index (χ0v) is 14.2. The van der Waals surface area contributed by atoms with Crippen molar-refractivity contribution in [2.24, 2.45) is 5.92 Å². The molecule has 2 aromatic rings. The number of rotatable bonds is 3. The summed E-state index contributed by atoms with van der Waals surface area (Å²) in [6, 6.07) is 12.2. The fourth-order valence-corrected chi connectivity index (χ4v) is 3.89. The number of amides is 1. The Bertz CT molecular complexity index is 808. The van der Waals surface area contributed by atoms with Crippen molar-refractivity contribution in [1.82, 2.24) is 10.2 Å². The minimum atomic E-state index is -0.285. The molecular formula is C20H21FN2O2. The summed E-state index contributed by atoms with van der Waals surface area (Å²) in [5, 5.41) is 3.02. The summed E-state index contributed by atoms with van der Waals surface area (Å²) in [5.41, 5.74) is 2.26. The number of ether oxygens (including phenoxy) is 1. The highest BCUT2D eigenvalue weighted by Crippen LogP contribution is 2.36. The van der Waals surface area contributed by atoms with Crippen LogP contribution in [0.1, 0.15) is 27.4 Å². The van der Waals surface area contributed by atoms with E-state index in [1.165, 1.54) is 6.07 Å². The van der Waals surface area contributed by atoms with Gasteiger partial charge in [-0.05, 0) is 36.7 Å². The summed E-state index contributed by atoms with van der Waals surface area (Å²) in [4.78, 5) is 14.8. The molecule has 2 aliphatic rings. The molecule has 5 heteroatoms. The number of carbonyl (C=O) groups excluding carboxylic acids is 1. The van der Waals surface area contributed by atoms with Crippen molar-refractivity contribution >= 4 is 5.91 Å². The maximum atomic E-state index is 13.7. The zero-order chi connectivity index (χ0) is 17.4. The van der Waals surface area contributed by atoms with Crippen molar-refractivity contribution in [2.45, 2.75) is 12.5 Å². The van der Waals surface area contributed by atoms with E-state index in [4.69, 9.17) is 4.74 Å². The van der Waals surface area contributed by atoms with Gasteiger partial charge in [-0.25, -0.2) is 4.39 Å². The number of nitrogens with zero attached hydrogens (tertiary/aromatic N) is 1. The van der Waals surface area contributed by atoms with Gasteiger partial charge in [0.2, 0.25) is 0 Å². The maximum Gasteiger partial charge on any atom is 0.251 e. The van der Waals surface area contributed by atoms with Crippen LogP contribution in [0, 0.1) is 11.7 Å². The lowest BCUT2D eigenvalue weighted by atomic mass is 9.87. The zero-order valence-electron chi connectivity index (χ0n) is 14.2. The van der Waals surface area contributed by atoms with Crippen LogP contribution in [-0.4, -0.2) is 37.5 Å². The Morgan fingerprint density at radius 2 is 2.08 bits per heavy atom. The van der Waals surface area contributed by atoms with Crippen LogP contribution in [0.4, 0.5) is 4.39 Å². The molecule has 0 saturated carbocycles. The topological polar surface area (TPSA) is 41.6 Å². The predicted molar refractivity (Wildman–Crippen MR) is 93.2 cm³/mol. The number of hydrogen-bond acceptors (Lipinski definition) is 3. The normalized spacial score (nSPS) is 22.7. The minimum Gasteiger partial charge on any atom is -0.489 e. The van der Waals surface area contributed by atoms with Crippen LogP contribution in [0.2, 0.25) is 0 Å². The van der Waals surface area contributed by atoms with Crippen molar-refractivity contribution in [1.29, 1.82) is 0 Å². The van der Waals surface area contributed by atoms with Crippen molar-refractivity contribution in [3.05, 3.63) is 65.0 Å². The summed E-state index contributed by atoms with van der Waals surface area (Å²) in [6.45, 7) is 2.80. The van der Waals surface area contributed by atoms with Crippen LogP contribution in [-0.2, 0) is 6.61 Å². The van der Waals surface area contributed by atoms with Crippen LogP contribution in [0.15, 0.2) is 42.5 Å². The monoisotopic (exact) mass is 340 g/mol. The Kier molecular flexibility index (Phi) is 4.17. The van der Waals surface area contributed by atoms with Gasteiger partial charge in [0.15, 0.2) is 0 Å². The largest absolute Gasteiger partial charge is 0.489 e. The van der Waals surface area contributed by atoms with Gasteiger partial charge in [0, 0.05) is 36.7 Å². The molecule has 0 unspecified atom stereocenters. The molecule has 0 aromatic heterocycles. The minimum absolute atomic E-state index is 0.0524. The number of fused-ring (bicyclic) bond motifs is 3. The molecule has 0 spiro atoms. The van der Waals surface area contributed by atoms with Crippen molar-refractivity contribution in [2.75, 3.05) is 26.7 Å². The molecular weight excluding hydrogens is 319 g/mol. The third kappa shape index (κ3) is 3.12. The lowest BCUT2D eigenvalue weighted by Gasteiger charge is -2.17. The van der Waals surface area contributed by atoms with E-state index in [-0.39, 0.29) is 18.3 Å². The van der Waals surface area contributed by atoms with Crippen LogP contribution in [0.3, 0.4) is 0 Å². The van der Waals surface area contributed by atoms with Gasteiger partial charge >= 0.3 is 0 Å². The van der Waals surface area contributed by atoms with Gasteiger partial charge in [0.05, 0.1) is 0 Å². The second kappa shape index (κ2) is 6.48. The number of likely N-dealkylation sites (N-methyl/N-ethyl adjacent to an activating group) is 1. The molecule has 0 aliphatic carbocycles. The summed E-state index contributed by atoms with van der Waals surface area (Å²) in [5.74, 6) is 1.05. The van der Waals surface area contributed by atoms with Gasteiger partial charge in [-0.3, -0.25) is 4.79 Å². The van der Waals surface area contributed by atoms with Crippen LogP contribution >= 0.6 is 0 Å². The van der Waals surface area contributed by atoms with Gasteiger partial charge in [-0.15, -0.1) is 0 Å². The number of nitrogens with one attached hydrogen (secondary N) is 1. The molecule has 0 bridgehead atoms. The molecule has 1 saturated heterocycles. The first-order valence-electron chi connectivity index (χ1n) is 8.58. The highest BCUT2D eigenvalue weighted by molar-refractivity contribution is 5.96. The molecule has 2 aliphatic heterocycles. The Morgan fingerprint density at radius 1 is 1.24 bits per heavy atom. The van der Waals surface area contributed by atoms with Gasteiger partial charge < -0.3 is 15.0 Å². The molecule has 25 heavy (non-hydrogen) atoms. The van der Waals surface area contributed by atoms with E-state index in [0.29, 0.717) is 35.3 Å². The van der Waals surface area contributed by atoms with Crippen molar-refractivity contribution in [3.63, 3.8) is 0 Å². The Labute approximate surface area is 146 Å². The lowest BCUT2D eigenvalue weighted by Crippen LogP contribution is -2.29. The Morgan fingerprint density at radius 3 is 2.92 bits per heavy atom. The van der Waals surface area contributed by atoms with Gasteiger partial charge in [0.25, 0.3) is 5.91 Å². The summed E-state index contributed by atoms with van der Waals surface area (Å²) in [6.07, 6.45) is 0. The van der Waals surface area contributed by atoms with Crippen LogP contribution < -0.4 is 10.1 Å². The van der Waals surface area contributed by atoms with Gasteiger partial charge in [-0.1, -0.05) is 24.3 Å². The highest BCUT2D eigenvalue weighted by Gasteiger charge is 2.36. The third-order valence-electron chi connectivity index (χ3n) is 5.17. The molecule has 2 atom stereocenters. The summed E-state index contributed by atoms with van der Waals surface area (Å²) >= 11 is 0. The number of benzene rings is 2. The molecule has 0 radical (unpaired) electrons. The first kappa shape index (κ1) is 16.1. The van der Waals surface area contributed by atoms with Gasteiger partial charge in [-0.2, -0.15) is 0 Å².